The van der Waals surface area contributed by atoms with Gasteiger partial charge in [-0.1, -0.05) is 12.1 Å². The van der Waals surface area contributed by atoms with E-state index in [0.717, 1.165) is 5.56 Å². The van der Waals surface area contributed by atoms with Gasteiger partial charge in [-0.15, -0.1) is 0 Å². The Morgan fingerprint density at radius 3 is 2.55 bits per heavy atom. The molecule has 1 aliphatic rings. The third-order valence-electron chi connectivity index (χ3n) is 3.63. The smallest absolute Gasteiger partial charge is 0.269 e. The van der Waals surface area contributed by atoms with E-state index in [9.17, 15) is 19.3 Å². The zero-order valence-corrected chi connectivity index (χ0v) is 11.4. The highest BCUT2D eigenvalue weighted by molar-refractivity contribution is 6.04. The predicted octanol–water partition coefficient (Wildman–Crippen LogP) is 2.28. The molecule has 0 aromatic heterocycles. The highest BCUT2D eigenvalue weighted by atomic mass is 19.1. The number of carbonyl (C=O) groups is 1. The molecule has 1 amide bonds. The molecule has 0 radical (unpaired) electrons. The Morgan fingerprint density at radius 2 is 1.91 bits per heavy atom. The Kier molecular flexibility index (Phi) is 3.34. The minimum Gasteiger partial charge on any atom is -0.316 e. The highest BCUT2D eigenvalue weighted by Gasteiger charge is 2.35. The molecule has 7 heteroatoms. The molecule has 1 atom stereocenters. The summed E-state index contributed by atoms with van der Waals surface area (Å²) in [5.74, 6) is -0.691. The lowest BCUT2D eigenvalue weighted by atomic mass is 10.1. The Labute approximate surface area is 125 Å². The van der Waals surface area contributed by atoms with Gasteiger partial charge in [0.25, 0.3) is 5.69 Å². The number of carbonyl (C=O) groups excluding carboxylic acids is 1. The Morgan fingerprint density at radius 1 is 1.23 bits per heavy atom. The van der Waals surface area contributed by atoms with Crippen LogP contribution in [0.5, 0.6) is 0 Å². The van der Waals surface area contributed by atoms with Crippen molar-refractivity contribution in [2.75, 3.05) is 4.90 Å². The van der Waals surface area contributed by atoms with E-state index in [1.807, 2.05) is 0 Å². The fourth-order valence-electron chi connectivity index (χ4n) is 2.51. The van der Waals surface area contributed by atoms with Crippen molar-refractivity contribution in [1.82, 2.24) is 0 Å². The number of nitrogens with two attached hydrogens (primary N) is 1. The van der Waals surface area contributed by atoms with Crippen molar-refractivity contribution >= 4 is 17.3 Å². The number of anilines is 1. The number of halogens is 1. The van der Waals surface area contributed by atoms with Crippen molar-refractivity contribution in [2.24, 2.45) is 5.73 Å². The van der Waals surface area contributed by atoms with Crippen LogP contribution in [0.1, 0.15) is 17.2 Å². The van der Waals surface area contributed by atoms with Crippen LogP contribution in [0.4, 0.5) is 15.8 Å². The van der Waals surface area contributed by atoms with Crippen molar-refractivity contribution < 1.29 is 14.1 Å². The van der Waals surface area contributed by atoms with Gasteiger partial charge in [0.05, 0.1) is 11.5 Å². The maximum absolute atomic E-state index is 12.9. The average Bonchev–Trinajstić information content (AvgIpc) is 2.74. The normalized spacial score (nSPS) is 16.7. The van der Waals surface area contributed by atoms with E-state index >= 15 is 0 Å². The second kappa shape index (κ2) is 5.19. The molecule has 1 aliphatic heterocycles. The summed E-state index contributed by atoms with van der Waals surface area (Å²) < 4.78 is 12.9. The number of nitro benzene ring substituents is 1. The van der Waals surface area contributed by atoms with E-state index in [4.69, 9.17) is 5.73 Å². The number of amides is 1. The summed E-state index contributed by atoms with van der Waals surface area (Å²) in [6, 6.07) is 9.04. The first-order chi connectivity index (χ1) is 10.5. The maximum atomic E-state index is 12.9. The summed E-state index contributed by atoms with van der Waals surface area (Å²) in [6.07, 6.45) is 0. The van der Waals surface area contributed by atoms with Crippen LogP contribution in [0.15, 0.2) is 42.5 Å². The number of nitrogens with zero attached hydrogens (tertiary/aromatic N) is 2. The topological polar surface area (TPSA) is 89.5 Å². The number of hydrogen-bond acceptors (Lipinski definition) is 4. The number of nitro groups is 1. The Balaban J connectivity index is 1.96. The van der Waals surface area contributed by atoms with Crippen LogP contribution < -0.4 is 10.6 Å². The maximum Gasteiger partial charge on any atom is 0.269 e. The first-order valence-electron chi connectivity index (χ1n) is 6.57. The number of hydrogen-bond donors (Lipinski definition) is 1. The molecule has 2 aromatic rings. The van der Waals surface area contributed by atoms with E-state index in [0.29, 0.717) is 11.3 Å². The lowest BCUT2D eigenvalue weighted by Gasteiger charge is -2.17. The highest BCUT2D eigenvalue weighted by Crippen LogP contribution is 2.37. The van der Waals surface area contributed by atoms with Gasteiger partial charge in [0, 0.05) is 23.4 Å². The summed E-state index contributed by atoms with van der Waals surface area (Å²) in [5, 5.41) is 10.8. The molecule has 0 aliphatic carbocycles. The Hall–Kier alpha value is -2.80. The van der Waals surface area contributed by atoms with Gasteiger partial charge in [-0.2, -0.15) is 0 Å². The minimum atomic E-state index is -0.921. The van der Waals surface area contributed by atoms with Gasteiger partial charge in [0.15, 0.2) is 0 Å². The molecular formula is C15H12FN3O3. The van der Waals surface area contributed by atoms with Crippen LogP contribution >= 0.6 is 0 Å². The Bertz CT molecular complexity index is 761. The standard InChI is InChI=1S/C15H12FN3O3/c16-10-3-1-9(2-4-10)8-18-13-6-5-11(19(21)22)7-12(13)14(17)15(18)20/h1-7,14H,8,17H2/t14-/m1/s1. The second-order valence-corrected chi connectivity index (χ2v) is 5.03. The zero-order valence-electron chi connectivity index (χ0n) is 11.4. The van der Waals surface area contributed by atoms with E-state index in [-0.39, 0.29) is 24.0 Å². The van der Waals surface area contributed by atoms with Crippen molar-refractivity contribution in [3.05, 3.63) is 69.5 Å². The van der Waals surface area contributed by atoms with E-state index < -0.39 is 11.0 Å². The fraction of sp³-hybridized carbons (Fsp3) is 0.133. The largest absolute Gasteiger partial charge is 0.316 e. The van der Waals surface area contributed by atoms with Crippen molar-refractivity contribution in [1.29, 1.82) is 0 Å². The molecule has 0 unspecified atom stereocenters. The van der Waals surface area contributed by atoms with Crippen LogP contribution in [-0.4, -0.2) is 10.8 Å². The van der Waals surface area contributed by atoms with E-state index in [1.165, 1.54) is 35.2 Å². The predicted molar refractivity (Wildman–Crippen MR) is 77.6 cm³/mol. The monoisotopic (exact) mass is 301 g/mol. The van der Waals surface area contributed by atoms with Crippen molar-refractivity contribution in [3.8, 4) is 0 Å². The molecular weight excluding hydrogens is 289 g/mol. The van der Waals surface area contributed by atoms with E-state index in [1.54, 1.807) is 12.1 Å². The van der Waals surface area contributed by atoms with Crippen LogP contribution in [0.3, 0.4) is 0 Å². The molecule has 0 fully saturated rings. The third kappa shape index (κ3) is 2.31. The molecule has 1 heterocycles. The van der Waals surface area contributed by atoms with Crippen molar-refractivity contribution in [2.45, 2.75) is 12.6 Å². The molecule has 0 spiro atoms. The molecule has 0 saturated carbocycles. The molecule has 112 valence electrons. The molecule has 2 aromatic carbocycles. The van der Waals surface area contributed by atoms with Gasteiger partial charge in [-0.3, -0.25) is 14.9 Å². The molecule has 3 rings (SSSR count). The lowest BCUT2D eigenvalue weighted by molar-refractivity contribution is -0.384. The summed E-state index contributed by atoms with van der Waals surface area (Å²) in [6.45, 7) is 0.234. The SMILES string of the molecule is N[C@H]1C(=O)N(Cc2ccc(F)cc2)c2ccc([N+](=O)[O-])cc21. The van der Waals surface area contributed by atoms with E-state index in [2.05, 4.69) is 0 Å². The number of non-ortho nitro benzene ring substituents is 1. The molecule has 0 bridgehead atoms. The van der Waals surface area contributed by atoms with Crippen molar-refractivity contribution in [3.63, 3.8) is 0 Å². The first-order valence-corrected chi connectivity index (χ1v) is 6.57. The summed E-state index contributed by atoms with van der Waals surface area (Å²) in [5.41, 5.74) is 7.47. The average molecular weight is 301 g/mol. The van der Waals surface area contributed by atoms with Gasteiger partial charge in [0.1, 0.15) is 11.9 Å². The van der Waals surface area contributed by atoms with Crippen LogP contribution in [0, 0.1) is 15.9 Å². The number of rotatable bonds is 3. The van der Waals surface area contributed by atoms with Crippen LogP contribution in [0.25, 0.3) is 0 Å². The molecule has 0 saturated heterocycles. The lowest BCUT2D eigenvalue weighted by Crippen LogP contribution is -2.31. The quantitative estimate of drug-likeness (QED) is 0.695. The zero-order chi connectivity index (χ0) is 15.9. The minimum absolute atomic E-state index is 0.106. The summed E-state index contributed by atoms with van der Waals surface area (Å²) in [4.78, 5) is 24.0. The van der Waals surface area contributed by atoms with Gasteiger partial charge in [-0.25, -0.2) is 4.39 Å². The van der Waals surface area contributed by atoms with Gasteiger partial charge in [0.2, 0.25) is 5.91 Å². The van der Waals surface area contributed by atoms with Crippen LogP contribution in [0.2, 0.25) is 0 Å². The summed E-state index contributed by atoms with van der Waals surface area (Å²) in [7, 11) is 0. The van der Waals surface area contributed by atoms with Gasteiger partial charge < -0.3 is 10.6 Å². The van der Waals surface area contributed by atoms with Gasteiger partial charge >= 0.3 is 0 Å². The third-order valence-corrected chi connectivity index (χ3v) is 3.63. The first kappa shape index (κ1) is 14.2. The van der Waals surface area contributed by atoms with Gasteiger partial charge in [-0.05, 0) is 23.8 Å². The summed E-state index contributed by atoms with van der Waals surface area (Å²) >= 11 is 0. The second-order valence-electron chi connectivity index (χ2n) is 5.03. The molecule has 6 nitrogen and oxygen atoms in total. The molecule has 2 N–H and O–H groups in total. The number of fused-ring (bicyclic) bond motifs is 1. The number of benzene rings is 2. The fourth-order valence-corrected chi connectivity index (χ4v) is 2.51. The molecule has 22 heavy (non-hydrogen) atoms. The van der Waals surface area contributed by atoms with Crippen LogP contribution in [-0.2, 0) is 11.3 Å².